The van der Waals surface area contributed by atoms with Gasteiger partial charge in [-0.25, -0.2) is 4.79 Å². The quantitative estimate of drug-likeness (QED) is 0.752. The fourth-order valence-corrected chi connectivity index (χ4v) is 1.40. The molecule has 0 atom stereocenters. The summed E-state index contributed by atoms with van der Waals surface area (Å²) in [4.78, 5) is 22.4. The van der Waals surface area contributed by atoms with Crippen molar-refractivity contribution in [2.24, 2.45) is 7.05 Å². The molecular weight excluding hydrogens is 198 g/mol. The number of hydrogen-bond acceptors (Lipinski definition) is 3. The zero-order valence-corrected chi connectivity index (χ0v) is 8.44. The SMILES string of the molecule is C=Cc1c(C)c(C(=O)O)c(O)n(C)c1=O. The first-order valence-corrected chi connectivity index (χ1v) is 4.20. The maximum Gasteiger partial charge on any atom is 0.341 e. The molecular formula is C10H11NO4. The van der Waals surface area contributed by atoms with E-state index < -0.39 is 17.4 Å². The molecule has 0 saturated carbocycles. The van der Waals surface area contributed by atoms with Gasteiger partial charge >= 0.3 is 5.97 Å². The Hall–Kier alpha value is -2.04. The van der Waals surface area contributed by atoms with Crippen LogP contribution >= 0.6 is 0 Å². The first-order chi connectivity index (χ1) is 6.91. The van der Waals surface area contributed by atoms with Crippen LogP contribution in [0, 0.1) is 6.92 Å². The van der Waals surface area contributed by atoms with E-state index in [1.807, 2.05) is 0 Å². The van der Waals surface area contributed by atoms with Crippen molar-refractivity contribution in [2.75, 3.05) is 0 Å². The fraction of sp³-hybridized carbons (Fsp3) is 0.200. The third kappa shape index (κ3) is 1.52. The van der Waals surface area contributed by atoms with Crippen LogP contribution in [0.5, 0.6) is 5.88 Å². The Kier molecular flexibility index (Phi) is 2.65. The van der Waals surface area contributed by atoms with Gasteiger partial charge in [0, 0.05) is 12.6 Å². The van der Waals surface area contributed by atoms with Crippen LogP contribution in [0.4, 0.5) is 0 Å². The zero-order valence-electron chi connectivity index (χ0n) is 8.44. The summed E-state index contributed by atoms with van der Waals surface area (Å²) >= 11 is 0. The van der Waals surface area contributed by atoms with Crippen molar-refractivity contribution < 1.29 is 15.0 Å². The number of carbonyl (C=O) groups is 1. The number of pyridine rings is 1. The van der Waals surface area contributed by atoms with Crippen LogP contribution in [0.15, 0.2) is 11.4 Å². The van der Waals surface area contributed by atoms with Crippen molar-refractivity contribution in [1.29, 1.82) is 0 Å². The van der Waals surface area contributed by atoms with Gasteiger partial charge in [-0.2, -0.15) is 0 Å². The molecule has 0 spiro atoms. The highest BCUT2D eigenvalue weighted by Crippen LogP contribution is 2.21. The lowest BCUT2D eigenvalue weighted by atomic mass is 10.0. The first-order valence-electron chi connectivity index (χ1n) is 4.20. The molecule has 0 unspecified atom stereocenters. The summed E-state index contributed by atoms with van der Waals surface area (Å²) in [5, 5.41) is 18.4. The van der Waals surface area contributed by atoms with Crippen molar-refractivity contribution in [3.8, 4) is 5.88 Å². The van der Waals surface area contributed by atoms with E-state index >= 15 is 0 Å². The van der Waals surface area contributed by atoms with Gasteiger partial charge in [0.1, 0.15) is 5.56 Å². The van der Waals surface area contributed by atoms with Crippen LogP contribution in [0.1, 0.15) is 21.5 Å². The molecule has 1 aromatic rings. The molecule has 0 aliphatic rings. The molecule has 5 heteroatoms. The van der Waals surface area contributed by atoms with Crippen molar-refractivity contribution in [3.63, 3.8) is 0 Å². The number of aromatic carboxylic acids is 1. The molecule has 1 heterocycles. The van der Waals surface area contributed by atoms with E-state index in [0.717, 1.165) is 4.57 Å². The number of aromatic nitrogens is 1. The van der Waals surface area contributed by atoms with E-state index in [4.69, 9.17) is 5.11 Å². The minimum Gasteiger partial charge on any atom is -0.494 e. The zero-order chi connectivity index (χ0) is 11.7. The lowest BCUT2D eigenvalue weighted by Gasteiger charge is -2.10. The molecule has 0 radical (unpaired) electrons. The fourth-order valence-electron chi connectivity index (χ4n) is 1.40. The molecule has 0 fully saturated rings. The molecule has 5 nitrogen and oxygen atoms in total. The van der Waals surface area contributed by atoms with Crippen LogP contribution in [-0.4, -0.2) is 20.7 Å². The molecule has 0 aliphatic heterocycles. The number of rotatable bonds is 2. The maximum absolute atomic E-state index is 11.6. The second-order valence-corrected chi connectivity index (χ2v) is 3.11. The Morgan fingerprint density at radius 1 is 1.53 bits per heavy atom. The van der Waals surface area contributed by atoms with Gasteiger partial charge in [-0.05, 0) is 12.5 Å². The molecule has 0 aliphatic carbocycles. The maximum atomic E-state index is 11.6. The number of hydrogen-bond donors (Lipinski definition) is 2. The lowest BCUT2D eigenvalue weighted by Crippen LogP contribution is -2.23. The smallest absolute Gasteiger partial charge is 0.341 e. The van der Waals surface area contributed by atoms with Gasteiger partial charge in [0.2, 0.25) is 5.88 Å². The summed E-state index contributed by atoms with van der Waals surface area (Å²) in [6, 6.07) is 0. The Balaban J connectivity index is 3.84. The van der Waals surface area contributed by atoms with Crippen LogP contribution in [-0.2, 0) is 7.05 Å². The third-order valence-electron chi connectivity index (χ3n) is 2.27. The van der Waals surface area contributed by atoms with Crippen molar-refractivity contribution >= 4 is 12.0 Å². The van der Waals surface area contributed by atoms with E-state index in [0.29, 0.717) is 0 Å². The Morgan fingerprint density at radius 2 is 2.07 bits per heavy atom. The molecule has 1 rings (SSSR count). The topological polar surface area (TPSA) is 79.5 Å². The molecule has 0 aromatic carbocycles. The Bertz CT molecular complexity index is 499. The summed E-state index contributed by atoms with van der Waals surface area (Å²) < 4.78 is 0.882. The summed E-state index contributed by atoms with van der Waals surface area (Å²) in [5.74, 6) is -1.82. The van der Waals surface area contributed by atoms with E-state index in [-0.39, 0.29) is 16.7 Å². The molecule has 1 aromatic heterocycles. The van der Waals surface area contributed by atoms with Crippen LogP contribution in [0.3, 0.4) is 0 Å². The molecule has 0 amide bonds. The largest absolute Gasteiger partial charge is 0.494 e. The molecule has 0 bridgehead atoms. The average Bonchev–Trinajstić information content (AvgIpc) is 2.15. The minimum absolute atomic E-state index is 0.188. The highest BCUT2D eigenvalue weighted by atomic mass is 16.4. The molecule has 0 saturated heterocycles. The van der Waals surface area contributed by atoms with E-state index in [9.17, 15) is 14.7 Å². The lowest BCUT2D eigenvalue weighted by molar-refractivity contribution is 0.0691. The van der Waals surface area contributed by atoms with Crippen molar-refractivity contribution in [1.82, 2.24) is 4.57 Å². The van der Waals surface area contributed by atoms with E-state index in [1.165, 1.54) is 20.0 Å². The van der Waals surface area contributed by atoms with Gasteiger partial charge in [-0.15, -0.1) is 0 Å². The van der Waals surface area contributed by atoms with Crippen molar-refractivity contribution in [3.05, 3.63) is 33.6 Å². The number of nitrogens with zero attached hydrogens (tertiary/aromatic N) is 1. The molecule has 15 heavy (non-hydrogen) atoms. The minimum atomic E-state index is -1.27. The average molecular weight is 209 g/mol. The summed E-state index contributed by atoms with van der Waals surface area (Å²) in [7, 11) is 1.30. The van der Waals surface area contributed by atoms with Crippen LogP contribution in [0.25, 0.3) is 6.08 Å². The van der Waals surface area contributed by atoms with Gasteiger partial charge in [0.25, 0.3) is 5.56 Å². The predicted molar refractivity (Wildman–Crippen MR) is 55.1 cm³/mol. The highest BCUT2D eigenvalue weighted by molar-refractivity contribution is 5.92. The van der Waals surface area contributed by atoms with Gasteiger partial charge in [0.05, 0.1) is 0 Å². The summed E-state index contributed by atoms with van der Waals surface area (Å²) in [6.45, 7) is 4.90. The number of aromatic hydroxyl groups is 1. The highest BCUT2D eigenvalue weighted by Gasteiger charge is 2.20. The Labute approximate surface area is 85.9 Å². The second kappa shape index (κ2) is 3.61. The molecule has 2 N–H and O–H groups in total. The second-order valence-electron chi connectivity index (χ2n) is 3.11. The van der Waals surface area contributed by atoms with E-state index in [2.05, 4.69) is 6.58 Å². The normalized spacial score (nSPS) is 10.0. The molecule has 80 valence electrons. The van der Waals surface area contributed by atoms with Gasteiger partial charge in [0.15, 0.2) is 0 Å². The van der Waals surface area contributed by atoms with Crippen molar-refractivity contribution in [2.45, 2.75) is 6.92 Å². The standard InChI is InChI=1S/C10H11NO4/c1-4-6-5(2)7(10(14)15)9(13)11(3)8(6)12/h4,13H,1H2,2-3H3,(H,14,15). The first kappa shape index (κ1) is 11.0. The van der Waals surface area contributed by atoms with Gasteiger partial charge in [-0.1, -0.05) is 12.7 Å². The monoisotopic (exact) mass is 209 g/mol. The summed E-state index contributed by atoms with van der Waals surface area (Å²) in [5.41, 5.74) is -0.331. The van der Waals surface area contributed by atoms with Gasteiger partial charge < -0.3 is 10.2 Å². The van der Waals surface area contributed by atoms with Gasteiger partial charge in [-0.3, -0.25) is 9.36 Å². The van der Waals surface area contributed by atoms with E-state index in [1.54, 1.807) is 0 Å². The third-order valence-corrected chi connectivity index (χ3v) is 2.27. The van der Waals surface area contributed by atoms with Crippen LogP contribution < -0.4 is 5.56 Å². The predicted octanol–water partition coefficient (Wildman–Crippen LogP) is 0.741. The number of carboxylic acids is 1. The van der Waals surface area contributed by atoms with Crippen LogP contribution in [0.2, 0.25) is 0 Å². The summed E-state index contributed by atoms with van der Waals surface area (Å²) in [6.07, 6.45) is 1.28. The Morgan fingerprint density at radius 3 is 2.47 bits per heavy atom. The number of carboxylic acid groups (broad SMARTS) is 1.